The second kappa shape index (κ2) is 7.76. The highest BCUT2D eigenvalue weighted by atomic mass is 32.2. The topological polar surface area (TPSA) is 38.8 Å². The number of thioether (sulfide) groups is 1. The predicted octanol–water partition coefficient (Wildman–Crippen LogP) is 5.27. The third kappa shape index (κ3) is 3.64. The molecule has 1 fully saturated rings. The van der Waals surface area contributed by atoms with Crippen LogP contribution in [0.4, 0.5) is 5.69 Å². The lowest BCUT2D eigenvalue weighted by Crippen LogP contribution is -2.27. The molecule has 0 radical (unpaired) electrons. The summed E-state index contributed by atoms with van der Waals surface area (Å²) >= 11 is 1.61. The van der Waals surface area contributed by atoms with Gasteiger partial charge in [0.25, 0.3) is 0 Å². The fourth-order valence-electron chi connectivity index (χ4n) is 3.10. The molecular weight excluding hydrogens is 358 g/mol. The molecule has 1 heterocycles. The quantitative estimate of drug-likeness (QED) is 0.607. The summed E-state index contributed by atoms with van der Waals surface area (Å²) in [4.78, 5) is 14.4. The van der Waals surface area contributed by atoms with E-state index in [9.17, 15) is 4.79 Å². The van der Waals surface area contributed by atoms with Crippen molar-refractivity contribution in [1.82, 2.24) is 0 Å². The van der Waals surface area contributed by atoms with Crippen LogP contribution in [0.2, 0.25) is 0 Å². The molecule has 0 spiro atoms. The Morgan fingerprint density at radius 3 is 2.30 bits per heavy atom. The number of carbonyl (C=O) groups is 1. The Morgan fingerprint density at radius 1 is 0.889 bits per heavy atom. The molecule has 1 aliphatic heterocycles. The highest BCUT2D eigenvalue weighted by Crippen LogP contribution is 2.45. The third-order valence-electron chi connectivity index (χ3n) is 4.37. The molecule has 4 rings (SSSR count). The minimum atomic E-state index is -0.102. The molecule has 4 nitrogen and oxygen atoms in total. The Balaban J connectivity index is 1.60. The molecule has 136 valence electrons. The van der Waals surface area contributed by atoms with Crippen molar-refractivity contribution in [3.8, 4) is 17.2 Å². The molecule has 0 unspecified atom stereocenters. The molecule has 1 atom stereocenters. The van der Waals surface area contributed by atoms with E-state index in [1.54, 1.807) is 18.9 Å². The number of nitrogens with zero attached hydrogens (tertiary/aromatic N) is 1. The average molecular weight is 377 g/mol. The van der Waals surface area contributed by atoms with Crippen LogP contribution < -0.4 is 14.4 Å². The maximum Gasteiger partial charge on any atom is 0.238 e. The van der Waals surface area contributed by atoms with E-state index in [4.69, 9.17) is 9.47 Å². The fraction of sp³-hybridized carbons (Fsp3) is 0.136. The first-order valence-electron chi connectivity index (χ1n) is 8.66. The number of ether oxygens (including phenoxy) is 2. The summed E-state index contributed by atoms with van der Waals surface area (Å²) in [5.41, 5.74) is 1.85. The van der Waals surface area contributed by atoms with Gasteiger partial charge in [-0.05, 0) is 42.5 Å². The first kappa shape index (κ1) is 17.5. The van der Waals surface area contributed by atoms with Gasteiger partial charge in [0.05, 0.1) is 12.9 Å². The van der Waals surface area contributed by atoms with Crippen LogP contribution in [-0.4, -0.2) is 18.8 Å². The van der Waals surface area contributed by atoms with Crippen molar-refractivity contribution in [2.24, 2.45) is 0 Å². The number of amides is 1. The van der Waals surface area contributed by atoms with Crippen molar-refractivity contribution in [2.75, 3.05) is 17.8 Å². The highest BCUT2D eigenvalue weighted by molar-refractivity contribution is 8.00. The van der Waals surface area contributed by atoms with Crippen LogP contribution in [0, 0.1) is 0 Å². The largest absolute Gasteiger partial charge is 0.496 e. The first-order chi connectivity index (χ1) is 13.3. The van der Waals surface area contributed by atoms with Crippen molar-refractivity contribution in [3.05, 3.63) is 84.4 Å². The number of hydrogen-bond donors (Lipinski definition) is 0. The average Bonchev–Trinajstić information content (AvgIpc) is 3.10. The second-order valence-electron chi connectivity index (χ2n) is 6.08. The lowest BCUT2D eigenvalue weighted by atomic mass is 10.1. The van der Waals surface area contributed by atoms with E-state index in [1.165, 1.54) is 0 Å². The van der Waals surface area contributed by atoms with Crippen LogP contribution >= 0.6 is 11.8 Å². The molecule has 3 aromatic rings. The molecule has 1 amide bonds. The summed E-state index contributed by atoms with van der Waals surface area (Å²) < 4.78 is 11.3. The van der Waals surface area contributed by atoms with E-state index < -0.39 is 0 Å². The Labute approximate surface area is 162 Å². The maximum atomic E-state index is 12.6. The molecule has 0 saturated carbocycles. The van der Waals surface area contributed by atoms with Crippen LogP contribution in [0.5, 0.6) is 17.2 Å². The summed E-state index contributed by atoms with van der Waals surface area (Å²) in [6.45, 7) is 0. The Hall–Kier alpha value is -2.92. The molecule has 0 N–H and O–H groups in total. The van der Waals surface area contributed by atoms with Gasteiger partial charge in [0, 0.05) is 11.3 Å². The van der Waals surface area contributed by atoms with E-state index >= 15 is 0 Å². The summed E-state index contributed by atoms with van der Waals surface area (Å²) in [5.74, 6) is 2.85. The zero-order valence-corrected chi connectivity index (χ0v) is 15.7. The highest BCUT2D eigenvalue weighted by Gasteiger charge is 2.35. The SMILES string of the molecule is COc1ccccc1[C@@H]1SCC(=O)N1c1ccc(Oc2ccccc2)cc1. The zero-order chi connectivity index (χ0) is 18.6. The van der Waals surface area contributed by atoms with E-state index in [0.29, 0.717) is 5.75 Å². The van der Waals surface area contributed by atoms with Gasteiger partial charge < -0.3 is 9.47 Å². The van der Waals surface area contributed by atoms with Gasteiger partial charge in [-0.3, -0.25) is 9.69 Å². The lowest BCUT2D eigenvalue weighted by molar-refractivity contribution is -0.115. The Morgan fingerprint density at radius 2 is 1.56 bits per heavy atom. The van der Waals surface area contributed by atoms with Gasteiger partial charge in [-0.2, -0.15) is 0 Å². The van der Waals surface area contributed by atoms with Gasteiger partial charge in [0.15, 0.2) is 0 Å². The van der Waals surface area contributed by atoms with Crippen molar-refractivity contribution in [1.29, 1.82) is 0 Å². The number of anilines is 1. The monoisotopic (exact) mass is 377 g/mol. The van der Waals surface area contributed by atoms with Crippen LogP contribution in [0.1, 0.15) is 10.9 Å². The van der Waals surface area contributed by atoms with Gasteiger partial charge >= 0.3 is 0 Å². The Bertz CT molecular complexity index is 928. The van der Waals surface area contributed by atoms with Crippen LogP contribution in [0.25, 0.3) is 0 Å². The minimum absolute atomic E-state index is 0.0904. The van der Waals surface area contributed by atoms with Crippen LogP contribution in [0.15, 0.2) is 78.9 Å². The van der Waals surface area contributed by atoms with Gasteiger partial charge in [-0.25, -0.2) is 0 Å². The Kier molecular flexibility index (Phi) is 5.03. The molecular formula is C22H19NO3S. The van der Waals surface area contributed by atoms with Crippen molar-refractivity contribution < 1.29 is 14.3 Å². The predicted molar refractivity (Wildman–Crippen MR) is 109 cm³/mol. The number of benzene rings is 3. The van der Waals surface area contributed by atoms with Crippen LogP contribution in [-0.2, 0) is 4.79 Å². The van der Waals surface area contributed by atoms with Gasteiger partial charge in [-0.1, -0.05) is 36.4 Å². The third-order valence-corrected chi connectivity index (χ3v) is 5.56. The fourth-order valence-corrected chi connectivity index (χ4v) is 4.31. The van der Waals surface area contributed by atoms with Crippen LogP contribution in [0.3, 0.4) is 0 Å². The molecule has 27 heavy (non-hydrogen) atoms. The summed E-state index contributed by atoms with van der Waals surface area (Å²) in [7, 11) is 1.65. The molecule has 3 aromatic carbocycles. The lowest BCUT2D eigenvalue weighted by Gasteiger charge is -2.25. The molecule has 1 aliphatic rings. The molecule has 0 aliphatic carbocycles. The number of carbonyl (C=O) groups excluding carboxylic acids is 1. The van der Waals surface area contributed by atoms with E-state index in [-0.39, 0.29) is 11.3 Å². The van der Waals surface area contributed by atoms with Gasteiger partial charge in [-0.15, -0.1) is 11.8 Å². The van der Waals surface area contributed by atoms with Crippen molar-refractivity contribution in [3.63, 3.8) is 0 Å². The van der Waals surface area contributed by atoms with E-state index in [0.717, 1.165) is 28.5 Å². The summed E-state index contributed by atoms with van der Waals surface area (Å²) in [6.07, 6.45) is 0. The maximum absolute atomic E-state index is 12.6. The molecule has 0 bridgehead atoms. The van der Waals surface area contributed by atoms with E-state index in [2.05, 4.69) is 0 Å². The number of hydrogen-bond acceptors (Lipinski definition) is 4. The second-order valence-corrected chi connectivity index (χ2v) is 7.15. The molecule has 0 aromatic heterocycles. The van der Waals surface area contributed by atoms with Gasteiger partial charge in [0.2, 0.25) is 5.91 Å². The number of para-hydroxylation sites is 2. The van der Waals surface area contributed by atoms with Gasteiger partial charge in [0.1, 0.15) is 22.6 Å². The number of rotatable bonds is 5. The van der Waals surface area contributed by atoms with Crippen molar-refractivity contribution in [2.45, 2.75) is 5.37 Å². The first-order valence-corrected chi connectivity index (χ1v) is 9.70. The normalized spacial score (nSPS) is 16.4. The number of methoxy groups -OCH3 is 1. The van der Waals surface area contributed by atoms with Crippen molar-refractivity contribution >= 4 is 23.4 Å². The minimum Gasteiger partial charge on any atom is -0.496 e. The smallest absolute Gasteiger partial charge is 0.238 e. The van der Waals surface area contributed by atoms with E-state index in [1.807, 2.05) is 83.8 Å². The molecule has 5 heteroatoms. The zero-order valence-electron chi connectivity index (χ0n) is 14.9. The molecule has 1 saturated heterocycles. The standard InChI is InChI=1S/C22H19NO3S/c1-25-20-10-6-5-9-19(20)22-23(21(24)15-27-22)16-11-13-18(14-12-16)26-17-7-3-2-4-8-17/h2-14,22H,15H2,1H3/t22-/m0/s1. The summed E-state index contributed by atoms with van der Waals surface area (Å²) in [5, 5.41) is -0.102. The summed E-state index contributed by atoms with van der Waals surface area (Å²) in [6, 6.07) is 25.1.